The van der Waals surface area contributed by atoms with E-state index in [2.05, 4.69) is 20.5 Å². The molecular weight excluding hydrogens is 384 g/mol. The van der Waals surface area contributed by atoms with Crippen LogP contribution in [0.4, 0.5) is 0 Å². The van der Waals surface area contributed by atoms with Crippen molar-refractivity contribution in [3.63, 3.8) is 0 Å². The molecule has 1 saturated heterocycles. The third kappa shape index (κ3) is 4.20. The number of nitrogens with one attached hydrogen (secondary N) is 2. The first-order chi connectivity index (χ1) is 13.4. The normalized spacial score (nSPS) is 15.4. The number of H-pyrrole nitrogens is 1. The number of rotatable bonds is 6. The lowest BCUT2D eigenvalue weighted by Gasteiger charge is -2.33. The zero-order valence-corrected chi connectivity index (χ0v) is 16.3. The SMILES string of the molecule is CCCNC(=O)c1cccc(C(=O)N2CCN(S(=O)(=O)c3ncn[nH]3)CC2)c1. The molecule has 0 atom stereocenters. The molecule has 2 heterocycles. The largest absolute Gasteiger partial charge is 0.352 e. The second kappa shape index (κ2) is 8.48. The van der Waals surface area contributed by atoms with Crippen molar-refractivity contribution in [2.75, 3.05) is 32.7 Å². The predicted octanol–water partition coefficient (Wildman–Crippen LogP) is 0.0912. The highest BCUT2D eigenvalue weighted by molar-refractivity contribution is 7.88. The zero-order chi connectivity index (χ0) is 20.1. The Labute approximate surface area is 163 Å². The Morgan fingerprint density at radius 3 is 2.54 bits per heavy atom. The van der Waals surface area contributed by atoms with Crippen molar-refractivity contribution >= 4 is 21.8 Å². The summed E-state index contributed by atoms with van der Waals surface area (Å²) in [5.41, 5.74) is 0.821. The summed E-state index contributed by atoms with van der Waals surface area (Å²) in [4.78, 5) is 30.1. The molecule has 2 N–H and O–H groups in total. The van der Waals surface area contributed by atoms with Gasteiger partial charge in [-0.2, -0.15) is 9.40 Å². The summed E-state index contributed by atoms with van der Waals surface area (Å²) in [7, 11) is -3.75. The summed E-state index contributed by atoms with van der Waals surface area (Å²) in [5, 5.41) is 8.49. The molecule has 0 aliphatic carbocycles. The standard InChI is InChI=1S/C17H22N6O4S/c1-2-6-18-15(24)13-4-3-5-14(11-13)16(25)22-7-9-23(10-8-22)28(26,27)17-19-12-20-21-17/h3-5,11-12H,2,6-10H2,1H3,(H,18,24)(H,19,20,21). The molecule has 0 saturated carbocycles. The molecule has 0 unspecified atom stereocenters. The van der Waals surface area contributed by atoms with Gasteiger partial charge in [-0.05, 0) is 24.6 Å². The number of amides is 2. The summed E-state index contributed by atoms with van der Waals surface area (Å²) >= 11 is 0. The number of piperazine rings is 1. The number of sulfonamides is 1. The van der Waals surface area contributed by atoms with Gasteiger partial charge in [0.25, 0.3) is 27.0 Å². The van der Waals surface area contributed by atoms with Gasteiger partial charge in [-0.3, -0.25) is 9.59 Å². The fraction of sp³-hybridized carbons (Fsp3) is 0.412. The first-order valence-electron chi connectivity index (χ1n) is 8.96. The van der Waals surface area contributed by atoms with Crippen molar-refractivity contribution in [1.29, 1.82) is 0 Å². The van der Waals surface area contributed by atoms with Crippen LogP contribution in [0.3, 0.4) is 0 Å². The first-order valence-corrected chi connectivity index (χ1v) is 10.4. The maximum Gasteiger partial charge on any atom is 0.278 e. The Balaban J connectivity index is 1.65. The van der Waals surface area contributed by atoms with Crippen molar-refractivity contribution in [2.45, 2.75) is 18.5 Å². The van der Waals surface area contributed by atoms with Crippen molar-refractivity contribution in [3.8, 4) is 0 Å². The van der Waals surface area contributed by atoms with Crippen molar-refractivity contribution in [2.24, 2.45) is 0 Å². The van der Waals surface area contributed by atoms with Gasteiger partial charge in [-0.15, -0.1) is 0 Å². The first kappa shape index (κ1) is 20.0. The third-order valence-corrected chi connectivity index (χ3v) is 6.14. The topological polar surface area (TPSA) is 128 Å². The number of hydrogen-bond donors (Lipinski definition) is 2. The van der Waals surface area contributed by atoms with Crippen molar-refractivity contribution < 1.29 is 18.0 Å². The van der Waals surface area contributed by atoms with E-state index < -0.39 is 10.0 Å². The van der Waals surface area contributed by atoms with Gasteiger partial charge >= 0.3 is 0 Å². The minimum atomic E-state index is -3.75. The zero-order valence-electron chi connectivity index (χ0n) is 15.5. The van der Waals surface area contributed by atoms with Crippen LogP contribution in [0.25, 0.3) is 0 Å². The molecule has 11 heteroatoms. The lowest BCUT2D eigenvalue weighted by Crippen LogP contribution is -2.50. The van der Waals surface area contributed by atoms with E-state index in [1.807, 2.05) is 6.92 Å². The number of carbonyl (C=O) groups is 2. The minimum absolute atomic E-state index is 0.158. The minimum Gasteiger partial charge on any atom is -0.352 e. The number of carbonyl (C=O) groups excluding carboxylic acids is 2. The molecule has 0 bridgehead atoms. The van der Waals surface area contributed by atoms with E-state index in [4.69, 9.17) is 0 Å². The Morgan fingerprint density at radius 2 is 1.89 bits per heavy atom. The van der Waals surface area contributed by atoms with Gasteiger partial charge in [0.15, 0.2) is 0 Å². The lowest BCUT2D eigenvalue weighted by atomic mass is 10.1. The molecule has 1 aromatic heterocycles. The van der Waals surface area contributed by atoms with Gasteiger partial charge in [0.05, 0.1) is 0 Å². The number of aromatic nitrogens is 3. The van der Waals surface area contributed by atoms with Gasteiger partial charge in [-0.25, -0.2) is 18.5 Å². The van der Waals surface area contributed by atoms with E-state index in [0.29, 0.717) is 17.7 Å². The van der Waals surface area contributed by atoms with E-state index in [0.717, 1.165) is 12.7 Å². The summed E-state index contributed by atoms with van der Waals surface area (Å²) in [5.74, 6) is -0.457. The molecule has 150 valence electrons. The molecule has 2 aromatic rings. The Bertz CT molecular complexity index is 936. The smallest absolute Gasteiger partial charge is 0.278 e. The number of aromatic amines is 1. The molecule has 1 fully saturated rings. The van der Waals surface area contributed by atoms with Crippen molar-refractivity contribution in [1.82, 2.24) is 29.7 Å². The summed E-state index contributed by atoms with van der Waals surface area (Å²) < 4.78 is 26.2. The van der Waals surface area contributed by atoms with Gasteiger partial charge < -0.3 is 10.2 Å². The van der Waals surface area contributed by atoms with E-state index in [-0.39, 0.29) is 43.1 Å². The molecule has 1 aromatic carbocycles. The average Bonchev–Trinajstić information content (AvgIpc) is 3.27. The van der Waals surface area contributed by atoms with E-state index >= 15 is 0 Å². The maximum absolute atomic E-state index is 12.8. The van der Waals surface area contributed by atoms with Gasteiger partial charge in [0.2, 0.25) is 0 Å². The molecule has 1 aliphatic heterocycles. The van der Waals surface area contributed by atoms with E-state index in [1.54, 1.807) is 29.2 Å². The van der Waals surface area contributed by atoms with Crippen LogP contribution >= 0.6 is 0 Å². The van der Waals surface area contributed by atoms with Crippen LogP contribution in [-0.4, -0.2) is 77.3 Å². The second-order valence-corrected chi connectivity index (χ2v) is 8.18. The van der Waals surface area contributed by atoms with Crippen LogP contribution in [-0.2, 0) is 10.0 Å². The summed E-state index contributed by atoms with van der Waals surface area (Å²) in [6.07, 6.45) is 1.96. The highest BCUT2D eigenvalue weighted by Gasteiger charge is 2.32. The Morgan fingerprint density at radius 1 is 1.18 bits per heavy atom. The van der Waals surface area contributed by atoms with Crippen molar-refractivity contribution in [3.05, 3.63) is 41.7 Å². The van der Waals surface area contributed by atoms with E-state index in [1.165, 1.54) is 4.31 Å². The molecule has 1 aliphatic rings. The van der Waals surface area contributed by atoms with Gasteiger partial charge in [0, 0.05) is 43.9 Å². The van der Waals surface area contributed by atoms with Crippen LogP contribution in [0.15, 0.2) is 35.7 Å². The number of nitrogens with zero attached hydrogens (tertiary/aromatic N) is 4. The summed E-state index contributed by atoms with van der Waals surface area (Å²) in [6.45, 7) is 3.34. The van der Waals surface area contributed by atoms with Crippen LogP contribution < -0.4 is 5.32 Å². The lowest BCUT2D eigenvalue weighted by molar-refractivity contribution is 0.0697. The predicted molar refractivity (Wildman–Crippen MR) is 100 cm³/mol. The fourth-order valence-corrected chi connectivity index (χ4v) is 4.13. The highest BCUT2D eigenvalue weighted by atomic mass is 32.2. The molecule has 28 heavy (non-hydrogen) atoms. The van der Waals surface area contributed by atoms with E-state index in [9.17, 15) is 18.0 Å². The third-order valence-electron chi connectivity index (χ3n) is 4.41. The number of benzene rings is 1. The Hall–Kier alpha value is -2.79. The van der Waals surface area contributed by atoms with Gasteiger partial charge in [-0.1, -0.05) is 13.0 Å². The fourth-order valence-electron chi connectivity index (χ4n) is 2.89. The average molecular weight is 406 g/mol. The molecule has 10 nitrogen and oxygen atoms in total. The summed E-state index contributed by atoms with van der Waals surface area (Å²) in [6, 6.07) is 6.53. The van der Waals surface area contributed by atoms with Crippen LogP contribution in [0.5, 0.6) is 0 Å². The second-order valence-electron chi connectivity index (χ2n) is 6.32. The maximum atomic E-state index is 12.8. The number of hydrogen-bond acceptors (Lipinski definition) is 6. The molecular formula is C17H22N6O4S. The molecule has 0 spiro atoms. The molecule has 2 amide bonds. The van der Waals surface area contributed by atoms with Crippen LogP contribution in [0, 0.1) is 0 Å². The highest BCUT2D eigenvalue weighted by Crippen LogP contribution is 2.16. The molecule has 0 radical (unpaired) electrons. The monoisotopic (exact) mass is 406 g/mol. The van der Waals surface area contributed by atoms with Crippen LogP contribution in [0.1, 0.15) is 34.1 Å². The Kier molecular flexibility index (Phi) is 6.05. The van der Waals surface area contributed by atoms with Crippen LogP contribution in [0.2, 0.25) is 0 Å². The molecule has 3 rings (SSSR count). The van der Waals surface area contributed by atoms with Gasteiger partial charge in [0.1, 0.15) is 6.33 Å². The quantitative estimate of drug-likeness (QED) is 0.700.